The van der Waals surface area contributed by atoms with Crippen molar-refractivity contribution in [3.8, 4) is 0 Å². The van der Waals surface area contributed by atoms with Crippen LogP contribution >= 0.6 is 23.4 Å². The van der Waals surface area contributed by atoms with E-state index < -0.39 is 0 Å². The van der Waals surface area contributed by atoms with Gasteiger partial charge in [-0.15, -0.1) is 11.8 Å². The summed E-state index contributed by atoms with van der Waals surface area (Å²) in [4.78, 5) is 13.0. The molecule has 0 aliphatic heterocycles. The van der Waals surface area contributed by atoms with Crippen LogP contribution in [0.3, 0.4) is 0 Å². The molecule has 0 atom stereocenters. The highest BCUT2D eigenvalue weighted by molar-refractivity contribution is 7.98. The number of halogens is 1. The molecule has 0 heterocycles. The van der Waals surface area contributed by atoms with Gasteiger partial charge in [0.05, 0.1) is 10.6 Å². The van der Waals surface area contributed by atoms with Gasteiger partial charge in [-0.05, 0) is 24.5 Å². The fraction of sp³-hybridized carbons (Fsp3) is 0.462. The Morgan fingerprint density at radius 2 is 2.17 bits per heavy atom. The third kappa shape index (κ3) is 4.19. The maximum absolute atomic E-state index is 12.0. The van der Waals surface area contributed by atoms with Crippen LogP contribution in [-0.2, 0) is 0 Å². The maximum Gasteiger partial charge on any atom is 0.252 e. The minimum absolute atomic E-state index is 0.0197. The molecule has 0 unspecified atom stereocenters. The molecule has 0 radical (unpaired) electrons. The number of benzene rings is 1. The first-order valence-corrected chi connectivity index (χ1v) is 7.22. The van der Waals surface area contributed by atoms with Crippen LogP contribution in [0.1, 0.15) is 24.2 Å². The van der Waals surface area contributed by atoms with E-state index >= 15 is 0 Å². The summed E-state index contributed by atoms with van der Waals surface area (Å²) < 4.78 is 0. The molecule has 0 spiro atoms. The number of amides is 1. The molecule has 3 nitrogen and oxygen atoms in total. The number of carbonyl (C=O) groups is 1. The smallest absolute Gasteiger partial charge is 0.252 e. The zero-order valence-electron chi connectivity index (χ0n) is 10.8. The lowest BCUT2D eigenvalue weighted by Crippen LogP contribution is -2.36. The predicted molar refractivity (Wildman–Crippen MR) is 76.4 cm³/mol. The van der Waals surface area contributed by atoms with Crippen LogP contribution in [0.15, 0.2) is 23.1 Å². The predicted octanol–water partition coefficient (Wildman–Crippen LogP) is 2.81. The number of nitrogens with one attached hydrogen (secondary N) is 1. The van der Waals surface area contributed by atoms with Gasteiger partial charge in [0.15, 0.2) is 0 Å². The zero-order chi connectivity index (χ0) is 13.8. The SMILES string of the molecule is CSc1ccc(Cl)c(C(=O)NCC(C)(C)CO)c1. The van der Waals surface area contributed by atoms with Crippen LogP contribution in [0.4, 0.5) is 0 Å². The van der Waals surface area contributed by atoms with E-state index in [1.165, 1.54) is 0 Å². The number of hydrogen-bond acceptors (Lipinski definition) is 3. The summed E-state index contributed by atoms with van der Waals surface area (Å²) in [6.07, 6.45) is 1.94. The van der Waals surface area contributed by atoms with Gasteiger partial charge < -0.3 is 10.4 Å². The number of thioether (sulfide) groups is 1. The first-order valence-electron chi connectivity index (χ1n) is 5.62. The standard InChI is InChI=1S/C13H18ClNO2S/c1-13(2,8-16)7-15-12(17)10-6-9(18-3)4-5-11(10)14/h4-6,16H,7-8H2,1-3H3,(H,15,17). The van der Waals surface area contributed by atoms with Crippen molar-refractivity contribution in [1.29, 1.82) is 0 Å². The van der Waals surface area contributed by atoms with Gasteiger partial charge in [-0.2, -0.15) is 0 Å². The fourth-order valence-electron chi connectivity index (χ4n) is 1.28. The van der Waals surface area contributed by atoms with Crippen LogP contribution < -0.4 is 5.32 Å². The number of carbonyl (C=O) groups excluding carboxylic acids is 1. The van der Waals surface area contributed by atoms with Crippen molar-refractivity contribution >= 4 is 29.3 Å². The molecular weight excluding hydrogens is 270 g/mol. The molecule has 0 fully saturated rings. The number of rotatable bonds is 5. The van der Waals surface area contributed by atoms with Crippen LogP contribution in [0.2, 0.25) is 5.02 Å². The monoisotopic (exact) mass is 287 g/mol. The first kappa shape index (κ1) is 15.3. The third-order valence-electron chi connectivity index (χ3n) is 2.57. The Bertz CT molecular complexity index is 435. The van der Waals surface area contributed by atoms with Crippen LogP contribution in [0.5, 0.6) is 0 Å². The van der Waals surface area contributed by atoms with Gasteiger partial charge >= 0.3 is 0 Å². The lowest BCUT2D eigenvalue weighted by molar-refractivity contribution is 0.0911. The van der Waals surface area contributed by atoms with Crippen molar-refractivity contribution in [2.24, 2.45) is 5.41 Å². The van der Waals surface area contributed by atoms with E-state index in [0.717, 1.165) is 4.90 Å². The van der Waals surface area contributed by atoms with E-state index in [2.05, 4.69) is 5.32 Å². The molecule has 0 aliphatic carbocycles. The minimum atomic E-state index is -0.334. The first-order chi connectivity index (χ1) is 8.39. The summed E-state index contributed by atoms with van der Waals surface area (Å²) in [6, 6.07) is 5.37. The van der Waals surface area contributed by atoms with Gasteiger partial charge in [-0.25, -0.2) is 0 Å². The molecule has 0 saturated heterocycles. The molecule has 100 valence electrons. The average Bonchev–Trinajstić information content (AvgIpc) is 2.36. The highest BCUT2D eigenvalue weighted by Gasteiger charge is 2.19. The molecule has 1 amide bonds. The summed E-state index contributed by atoms with van der Waals surface area (Å²) in [5, 5.41) is 12.4. The van der Waals surface area contributed by atoms with E-state index in [1.54, 1.807) is 23.9 Å². The van der Waals surface area contributed by atoms with Crippen LogP contribution in [-0.4, -0.2) is 30.4 Å². The Labute approximate surface area is 117 Å². The largest absolute Gasteiger partial charge is 0.396 e. The summed E-state index contributed by atoms with van der Waals surface area (Å²) in [7, 11) is 0. The molecule has 5 heteroatoms. The van der Waals surface area contributed by atoms with Gasteiger partial charge in [-0.1, -0.05) is 25.4 Å². The fourth-order valence-corrected chi connectivity index (χ4v) is 1.92. The molecule has 2 N–H and O–H groups in total. The Morgan fingerprint density at radius 1 is 1.50 bits per heavy atom. The second kappa shape index (κ2) is 6.45. The normalized spacial score (nSPS) is 11.4. The molecule has 0 aliphatic rings. The van der Waals surface area contributed by atoms with Crippen molar-refractivity contribution in [3.63, 3.8) is 0 Å². The number of aliphatic hydroxyl groups excluding tert-OH is 1. The quantitative estimate of drug-likeness (QED) is 0.819. The van der Waals surface area contributed by atoms with Gasteiger partial charge in [0.2, 0.25) is 0 Å². The lowest BCUT2D eigenvalue weighted by Gasteiger charge is -2.22. The van der Waals surface area contributed by atoms with Crippen molar-refractivity contribution < 1.29 is 9.90 Å². The molecule has 1 aromatic rings. The van der Waals surface area contributed by atoms with Crippen molar-refractivity contribution in [1.82, 2.24) is 5.32 Å². The molecule has 1 aromatic carbocycles. The van der Waals surface area contributed by atoms with Crippen molar-refractivity contribution in [2.75, 3.05) is 19.4 Å². The number of aliphatic hydroxyl groups is 1. The molecule has 0 bridgehead atoms. The average molecular weight is 288 g/mol. The van der Waals surface area contributed by atoms with Crippen molar-refractivity contribution in [3.05, 3.63) is 28.8 Å². The van der Waals surface area contributed by atoms with Gasteiger partial charge in [0.1, 0.15) is 0 Å². The molecule has 0 aromatic heterocycles. The zero-order valence-corrected chi connectivity index (χ0v) is 12.4. The Hall–Kier alpha value is -0.710. The molecule has 18 heavy (non-hydrogen) atoms. The molecular formula is C13H18ClNO2S. The van der Waals surface area contributed by atoms with E-state index in [0.29, 0.717) is 17.1 Å². The van der Waals surface area contributed by atoms with E-state index in [9.17, 15) is 4.79 Å². The van der Waals surface area contributed by atoms with E-state index in [4.69, 9.17) is 16.7 Å². The van der Waals surface area contributed by atoms with Gasteiger partial charge in [0, 0.05) is 23.5 Å². The Balaban J connectivity index is 2.78. The highest BCUT2D eigenvalue weighted by atomic mass is 35.5. The second-order valence-corrected chi connectivity index (χ2v) is 6.14. The molecule has 0 saturated carbocycles. The minimum Gasteiger partial charge on any atom is -0.396 e. The summed E-state index contributed by atoms with van der Waals surface area (Å²) >= 11 is 7.57. The van der Waals surface area contributed by atoms with Crippen LogP contribution in [0.25, 0.3) is 0 Å². The summed E-state index contributed by atoms with van der Waals surface area (Å²) in [6.45, 7) is 4.19. The highest BCUT2D eigenvalue weighted by Crippen LogP contribution is 2.23. The van der Waals surface area contributed by atoms with Crippen LogP contribution in [0, 0.1) is 5.41 Å². The van der Waals surface area contributed by atoms with Gasteiger partial charge in [-0.3, -0.25) is 4.79 Å². The maximum atomic E-state index is 12.0. The number of hydrogen-bond donors (Lipinski definition) is 2. The lowest BCUT2D eigenvalue weighted by atomic mass is 9.95. The summed E-state index contributed by atoms with van der Waals surface area (Å²) in [5.74, 6) is -0.211. The van der Waals surface area contributed by atoms with E-state index in [1.807, 2.05) is 26.2 Å². The summed E-state index contributed by atoms with van der Waals surface area (Å²) in [5.41, 5.74) is 0.136. The second-order valence-electron chi connectivity index (χ2n) is 4.85. The Morgan fingerprint density at radius 3 is 2.72 bits per heavy atom. The molecule has 1 rings (SSSR count). The van der Waals surface area contributed by atoms with Crippen molar-refractivity contribution in [2.45, 2.75) is 18.7 Å². The third-order valence-corrected chi connectivity index (χ3v) is 3.63. The topological polar surface area (TPSA) is 49.3 Å². The van der Waals surface area contributed by atoms with E-state index in [-0.39, 0.29) is 17.9 Å². The Kier molecular flexibility index (Phi) is 5.50. The van der Waals surface area contributed by atoms with Gasteiger partial charge in [0.25, 0.3) is 5.91 Å².